The van der Waals surface area contributed by atoms with Gasteiger partial charge in [0.15, 0.2) is 0 Å². The number of carbonyl (C=O) groups is 2. The van der Waals surface area contributed by atoms with Crippen LogP contribution in [0.2, 0.25) is 0 Å². The van der Waals surface area contributed by atoms with Gasteiger partial charge < -0.3 is 15.0 Å². The van der Waals surface area contributed by atoms with Crippen molar-refractivity contribution in [2.75, 3.05) is 24.2 Å². The molecule has 204 valence electrons. The lowest BCUT2D eigenvalue weighted by atomic mass is 10.1. The monoisotopic (exact) mass is 531 g/mol. The van der Waals surface area contributed by atoms with Gasteiger partial charge in [0.1, 0.15) is 11.8 Å². The summed E-state index contributed by atoms with van der Waals surface area (Å²) in [6.45, 7) is 9.92. The highest BCUT2D eigenvalue weighted by atomic mass is 32.2. The summed E-state index contributed by atoms with van der Waals surface area (Å²) in [4.78, 5) is 27.9. The molecule has 0 fully saturated rings. The lowest BCUT2D eigenvalue weighted by molar-refractivity contribution is -0.140. The molecule has 0 unspecified atom stereocenters. The second-order valence-corrected chi connectivity index (χ2v) is 11.5. The van der Waals surface area contributed by atoms with Crippen LogP contribution in [0.4, 0.5) is 5.69 Å². The van der Waals surface area contributed by atoms with Crippen molar-refractivity contribution < 1.29 is 22.7 Å². The Hall–Kier alpha value is -3.07. The Morgan fingerprint density at radius 1 is 1.05 bits per heavy atom. The number of sulfonamides is 1. The molecule has 9 heteroatoms. The van der Waals surface area contributed by atoms with Crippen LogP contribution in [-0.4, -0.2) is 57.1 Å². The number of nitrogens with one attached hydrogen (secondary N) is 1. The van der Waals surface area contributed by atoms with Gasteiger partial charge in [-0.1, -0.05) is 25.1 Å². The van der Waals surface area contributed by atoms with Gasteiger partial charge in [-0.05, 0) is 81.5 Å². The van der Waals surface area contributed by atoms with E-state index in [-0.39, 0.29) is 37.4 Å². The highest BCUT2D eigenvalue weighted by Gasteiger charge is 2.27. The number of hydrogen-bond acceptors (Lipinski definition) is 5. The standard InChI is InChI=1S/C28H41N3O5S/c1-8-22(4)29-28(33)23(5)30(19-24-11-9-12-26(18-24)36-6)27(32)13-10-16-31(37(7,34)35)25-15-14-20(2)21(3)17-25/h9,11-12,14-15,17-18,22-23H,8,10,13,16,19H2,1-7H3,(H,29,33)/t22-,23+/m0/s1. The fourth-order valence-electron chi connectivity index (χ4n) is 3.90. The lowest BCUT2D eigenvalue weighted by Crippen LogP contribution is -2.49. The molecule has 0 saturated carbocycles. The fraction of sp³-hybridized carbons (Fsp3) is 0.500. The molecule has 0 aliphatic carbocycles. The molecule has 0 saturated heterocycles. The van der Waals surface area contributed by atoms with E-state index in [0.717, 1.165) is 23.1 Å². The molecule has 37 heavy (non-hydrogen) atoms. The topological polar surface area (TPSA) is 96.0 Å². The summed E-state index contributed by atoms with van der Waals surface area (Å²) in [6, 6.07) is 12.2. The van der Waals surface area contributed by atoms with Gasteiger partial charge in [0.25, 0.3) is 0 Å². The summed E-state index contributed by atoms with van der Waals surface area (Å²) in [5.74, 6) is 0.223. The Bertz CT molecular complexity index is 1180. The van der Waals surface area contributed by atoms with Gasteiger partial charge in [-0.3, -0.25) is 13.9 Å². The zero-order valence-corrected chi connectivity index (χ0v) is 23.9. The van der Waals surface area contributed by atoms with Crippen molar-refractivity contribution in [2.45, 2.75) is 72.5 Å². The lowest BCUT2D eigenvalue weighted by Gasteiger charge is -2.30. The van der Waals surface area contributed by atoms with E-state index in [1.807, 2.05) is 64.1 Å². The smallest absolute Gasteiger partial charge is 0.242 e. The van der Waals surface area contributed by atoms with Crippen LogP contribution in [0.3, 0.4) is 0 Å². The van der Waals surface area contributed by atoms with E-state index < -0.39 is 16.1 Å². The van der Waals surface area contributed by atoms with E-state index in [4.69, 9.17) is 4.74 Å². The molecule has 0 aromatic heterocycles. The zero-order valence-electron chi connectivity index (χ0n) is 23.1. The molecule has 0 aliphatic heterocycles. The Morgan fingerprint density at radius 3 is 2.35 bits per heavy atom. The Labute approximate surface area is 222 Å². The van der Waals surface area contributed by atoms with Gasteiger partial charge in [-0.25, -0.2) is 8.42 Å². The van der Waals surface area contributed by atoms with Crippen LogP contribution in [0.1, 0.15) is 56.7 Å². The molecule has 2 aromatic rings. The predicted octanol–water partition coefficient (Wildman–Crippen LogP) is 4.19. The molecular weight excluding hydrogens is 490 g/mol. The van der Waals surface area contributed by atoms with Gasteiger partial charge in [-0.15, -0.1) is 0 Å². The molecule has 2 amide bonds. The number of carbonyl (C=O) groups excluding carboxylic acids is 2. The minimum Gasteiger partial charge on any atom is -0.497 e. The largest absolute Gasteiger partial charge is 0.497 e. The van der Waals surface area contributed by atoms with Gasteiger partial charge in [0.05, 0.1) is 19.1 Å². The van der Waals surface area contributed by atoms with Crippen LogP contribution >= 0.6 is 0 Å². The number of amides is 2. The maximum absolute atomic E-state index is 13.4. The number of hydrogen-bond donors (Lipinski definition) is 1. The van der Waals surface area contributed by atoms with Crippen LogP contribution in [0.15, 0.2) is 42.5 Å². The van der Waals surface area contributed by atoms with Crippen molar-refractivity contribution in [1.29, 1.82) is 0 Å². The van der Waals surface area contributed by atoms with E-state index in [2.05, 4.69) is 5.32 Å². The number of aryl methyl sites for hydroxylation is 2. The van der Waals surface area contributed by atoms with Crippen LogP contribution in [-0.2, 0) is 26.2 Å². The fourth-order valence-corrected chi connectivity index (χ4v) is 4.86. The summed E-state index contributed by atoms with van der Waals surface area (Å²) in [5.41, 5.74) is 3.48. The van der Waals surface area contributed by atoms with Gasteiger partial charge in [0, 0.05) is 25.6 Å². The first-order valence-corrected chi connectivity index (χ1v) is 14.5. The van der Waals surface area contributed by atoms with Crippen LogP contribution in [0.5, 0.6) is 5.75 Å². The normalized spacial score (nSPS) is 12.9. The summed E-state index contributed by atoms with van der Waals surface area (Å²) in [7, 11) is -1.96. The zero-order chi connectivity index (χ0) is 27.8. The molecule has 0 heterocycles. The number of nitrogens with zero attached hydrogens (tertiary/aromatic N) is 2. The Kier molecular flexibility index (Phi) is 11.0. The van der Waals surface area contributed by atoms with Gasteiger partial charge in [-0.2, -0.15) is 0 Å². The number of ether oxygens (including phenoxy) is 1. The summed E-state index contributed by atoms with van der Waals surface area (Å²) >= 11 is 0. The SMILES string of the molecule is CC[C@H](C)NC(=O)[C@@H](C)N(Cc1cccc(OC)c1)C(=O)CCCN(c1ccc(C)c(C)c1)S(C)(=O)=O. The van der Waals surface area contributed by atoms with E-state index in [0.29, 0.717) is 17.9 Å². The summed E-state index contributed by atoms with van der Waals surface area (Å²) in [5, 5.41) is 2.95. The molecule has 0 spiro atoms. The van der Waals surface area contributed by atoms with E-state index in [1.165, 1.54) is 10.6 Å². The van der Waals surface area contributed by atoms with Crippen molar-refractivity contribution in [3.63, 3.8) is 0 Å². The van der Waals surface area contributed by atoms with Crippen LogP contribution in [0, 0.1) is 13.8 Å². The number of benzene rings is 2. The maximum atomic E-state index is 13.4. The Balaban J connectivity index is 2.21. The van der Waals surface area contributed by atoms with Crippen LogP contribution < -0.4 is 14.4 Å². The summed E-state index contributed by atoms with van der Waals surface area (Å²) < 4.78 is 31.7. The predicted molar refractivity (Wildman–Crippen MR) is 148 cm³/mol. The van der Waals surface area contributed by atoms with E-state index >= 15 is 0 Å². The van der Waals surface area contributed by atoms with Crippen LogP contribution in [0.25, 0.3) is 0 Å². The van der Waals surface area contributed by atoms with Crippen molar-refractivity contribution in [3.8, 4) is 5.75 Å². The van der Waals surface area contributed by atoms with Crippen molar-refractivity contribution in [1.82, 2.24) is 10.2 Å². The van der Waals surface area contributed by atoms with Gasteiger partial charge in [0.2, 0.25) is 21.8 Å². The first-order valence-electron chi connectivity index (χ1n) is 12.6. The first kappa shape index (κ1) is 30.2. The summed E-state index contributed by atoms with van der Waals surface area (Å²) in [6.07, 6.45) is 2.36. The minimum absolute atomic E-state index is 0.00925. The van der Waals surface area contributed by atoms with E-state index in [9.17, 15) is 18.0 Å². The molecule has 1 N–H and O–H groups in total. The van der Waals surface area contributed by atoms with E-state index in [1.54, 1.807) is 25.0 Å². The highest BCUT2D eigenvalue weighted by molar-refractivity contribution is 7.92. The third-order valence-corrected chi connectivity index (χ3v) is 7.78. The van der Waals surface area contributed by atoms with Gasteiger partial charge >= 0.3 is 0 Å². The second kappa shape index (κ2) is 13.5. The third-order valence-electron chi connectivity index (χ3n) is 6.59. The quantitative estimate of drug-likeness (QED) is 0.418. The van der Waals surface area contributed by atoms with Crippen molar-refractivity contribution >= 4 is 27.5 Å². The molecule has 0 radical (unpaired) electrons. The first-order chi connectivity index (χ1) is 17.4. The molecule has 8 nitrogen and oxygen atoms in total. The minimum atomic E-state index is -3.54. The third kappa shape index (κ3) is 8.77. The average Bonchev–Trinajstić information content (AvgIpc) is 2.85. The molecule has 0 bridgehead atoms. The average molecular weight is 532 g/mol. The molecular formula is C28H41N3O5S. The van der Waals surface area contributed by atoms with Crippen molar-refractivity contribution in [3.05, 3.63) is 59.2 Å². The van der Waals surface area contributed by atoms with Crippen molar-refractivity contribution in [2.24, 2.45) is 0 Å². The number of methoxy groups -OCH3 is 1. The molecule has 2 rings (SSSR count). The molecule has 2 atom stereocenters. The Morgan fingerprint density at radius 2 is 1.76 bits per heavy atom. The number of rotatable bonds is 13. The highest BCUT2D eigenvalue weighted by Crippen LogP contribution is 2.22. The molecule has 0 aliphatic rings. The maximum Gasteiger partial charge on any atom is 0.242 e. The molecule has 2 aromatic carbocycles. The number of anilines is 1. The second-order valence-electron chi connectivity index (χ2n) is 9.57.